The van der Waals surface area contributed by atoms with Crippen LogP contribution < -0.4 is 0 Å². The van der Waals surface area contributed by atoms with E-state index in [2.05, 4.69) is 95.4 Å². The molecule has 0 aliphatic carbocycles. The lowest BCUT2D eigenvalue weighted by Crippen LogP contribution is -1.95. The summed E-state index contributed by atoms with van der Waals surface area (Å²) >= 11 is 2.37. The highest BCUT2D eigenvalue weighted by Gasteiger charge is 2.08. The van der Waals surface area contributed by atoms with Crippen molar-refractivity contribution in [2.75, 3.05) is 24.5 Å². The van der Waals surface area contributed by atoms with E-state index < -0.39 is 10.0 Å². The van der Waals surface area contributed by atoms with Crippen LogP contribution in [0.5, 0.6) is 0 Å². The highest BCUT2D eigenvalue weighted by Crippen LogP contribution is 2.45. The van der Waals surface area contributed by atoms with Crippen LogP contribution in [0.4, 0.5) is 0 Å². The zero-order chi connectivity index (χ0) is 15.5. The molecule has 0 aromatic heterocycles. The van der Waals surface area contributed by atoms with Gasteiger partial charge in [0, 0.05) is 5.75 Å². The molecule has 0 saturated carbocycles. The molecule has 0 spiro atoms. The molecule has 2 aromatic rings. The molecule has 114 valence electrons. The van der Waals surface area contributed by atoms with E-state index in [0.717, 1.165) is 0 Å². The molecule has 2 aromatic carbocycles. The summed E-state index contributed by atoms with van der Waals surface area (Å²) in [6.07, 6.45) is 7.01. The number of hydrogen-bond acceptors (Lipinski definition) is 1. The van der Waals surface area contributed by atoms with Crippen molar-refractivity contribution >= 4 is 40.2 Å². The Bertz CT molecular complexity index is 568. The van der Waals surface area contributed by atoms with Crippen molar-refractivity contribution in [3.05, 3.63) is 54.1 Å². The van der Waals surface area contributed by atoms with Gasteiger partial charge in [-0.3, -0.25) is 0 Å². The van der Waals surface area contributed by atoms with Gasteiger partial charge in [0.15, 0.2) is 0 Å². The summed E-state index contributed by atoms with van der Waals surface area (Å²) in [7, 11) is 1.25. The molecule has 0 saturated heterocycles. The highest BCUT2D eigenvalue weighted by atomic mass is 127. The van der Waals surface area contributed by atoms with Gasteiger partial charge >= 0.3 is 0 Å². The van der Waals surface area contributed by atoms with Crippen LogP contribution in [0.25, 0.3) is 11.1 Å². The molecule has 0 amide bonds. The first kappa shape index (κ1) is 17.2. The molecule has 0 heterocycles. The topological polar surface area (TPSA) is 0 Å². The predicted molar refractivity (Wildman–Crippen MR) is 110 cm³/mol. The Hall–Kier alpha value is -0.130. The summed E-state index contributed by atoms with van der Waals surface area (Å²) in [5, 5.41) is 0. The van der Waals surface area contributed by atoms with Gasteiger partial charge in [0.1, 0.15) is 0 Å². The summed E-state index contributed by atoms with van der Waals surface area (Å²) in [6, 6.07) is 18.1. The summed E-state index contributed by atoms with van der Waals surface area (Å²) < 4.78 is 0. The average molecular weight is 430 g/mol. The second kappa shape index (κ2) is 7.42. The first-order valence-corrected chi connectivity index (χ1v) is 13.4. The first-order valence-electron chi connectivity index (χ1n) is 7.04. The summed E-state index contributed by atoms with van der Waals surface area (Å²) in [6.45, 7) is 2.29. The Kier molecular flexibility index (Phi) is 6.09. The van der Waals surface area contributed by atoms with E-state index in [1.54, 1.807) is 0 Å². The van der Waals surface area contributed by atoms with Crippen LogP contribution in [0.3, 0.4) is 0 Å². The van der Waals surface area contributed by atoms with Crippen molar-refractivity contribution in [2.45, 2.75) is 17.7 Å². The van der Waals surface area contributed by atoms with Crippen molar-refractivity contribution in [3.8, 4) is 11.1 Å². The van der Waals surface area contributed by atoms with Crippen LogP contribution in [0, 0.1) is 0 Å². The quantitative estimate of drug-likeness (QED) is 0.482. The van der Waals surface area contributed by atoms with Gasteiger partial charge in [0.05, 0.1) is 0 Å². The summed E-state index contributed by atoms with van der Waals surface area (Å²) in [5.41, 5.74) is 4.05. The highest BCUT2D eigenvalue weighted by molar-refractivity contribution is 14.2. The zero-order valence-corrected chi connectivity index (χ0v) is 16.9. The second-order valence-corrected chi connectivity index (χ2v) is 12.7. The fourth-order valence-electron chi connectivity index (χ4n) is 2.25. The molecular formula is C18H23IS2. The molecule has 0 radical (unpaired) electrons. The van der Waals surface area contributed by atoms with E-state index in [9.17, 15) is 0 Å². The summed E-state index contributed by atoms with van der Waals surface area (Å²) in [4.78, 5) is 1.47. The Labute approximate surface area is 147 Å². The Morgan fingerprint density at radius 2 is 1.38 bits per heavy atom. The Morgan fingerprint density at radius 3 is 1.81 bits per heavy atom. The van der Waals surface area contributed by atoms with Gasteiger partial charge in [0.2, 0.25) is 0 Å². The third-order valence-electron chi connectivity index (χ3n) is 3.69. The lowest BCUT2D eigenvalue weighted by Gasteiger charge is -2.25. The molecule has 0 nitrogen and oxygen atoms in total. The van der Waals surface area contributed by atoms with E-state index in [0.29, 0.717) is 5.92 Å². The Balaban J connectivity index is 2.19. The Morgan fingerprint density at radius 1 is 0.905 bits per heavy atom. The fourth-order valence-corrected chi connectivity index (χ4v) is 5.20. The minimum absolute atomic E-state index is 0.618. The van der Waals surface area contributed by atoms with Crippen molar-refractivity contribution in [1.82, 2.24) is 0 Å². The fraction of sp³-hybridized carbons (Fsp3) is 0.333. The van der Waals surface area contributed by atoms with Crippen LogP contribution in [0.15, 0.2) is 53.4 Å². The smallest absolute Gasteiger partial charge is 0.00997 e. The number of halogens is 1. The number of hydrogen-bond donors (Lipinski definition) is 0. The third kappa shape index (κ3) is 4.67. The molecule has 1 atom stereocenters. The standard InChI is InChI=1S/C18H23IS2/c1-14(13-20-19)15-5-7-16(8-6-15)17-9-11-18(12-10-17)21(2,3)4/h5-12,14H,13H2,1-4H3. The van der Waals surface area contributed by atoms with Gasteiger partial charge in [-0.15, -0.1) is 0 Å². The van der Waals surface area contributed by atoms with E-state index in [-0.39, 0.29) is 0 Å². The molecule has 2 rings (SSSR count). The van der Waals surface area contributed by atoms with E-state index >= 15 is 0 Å². The van der Waals surface area contributed by atoms with Gasteiger partial charge in [0.25, 0.3) is 0 Å². The molecule has 21 heavy (non-hydrogen) atoms. The molecule has 0 N–H and O–H groups in total. The van der Waals surface area contributed by atoms with Crippen LogP contribution in [0.1, 0.15) is 18.4 Å². The molecule has 3 heteroatoms. The lowest BCUT2D eigenvalue weighted by molar-refractivity contribution is 0.884. The number of benzene rings is 2. The van der Waals surface area contributed by atoms with E-state index in [1.807, 2.05) is 8.93 Å². The molecule has 0 bridgehead atoms. The number of rotatable bonds is 5. The van der Waals surface area contributed by atoms with Crippen molar-refractivity contribution in [3.63, 3.8) is 0 Å². The van der Waals surface area contributed by atoms with Gasteiger partial charge in [-0.2, -0.15) is 0 Å². The van der Waals surface area contributed by atoms with Gasteiger partial charge in [-0.1, -0.05) is 52.3 Å². The van der Waals surface area contributed by atoms with Crippen molar-refractivity contribution < 1.29 is 0 Å². The summed E-state index contributed by atoms with van der Waals surface area (Å²) in [5.74, 6) is 1.79. The molecule has 0 aliphatic heterocycles. The molecule has 0 fully saturated rings. The average Bonchev–Trinajstić information content (AvgIpc) is 2.47. The third-order valence-corrected chi connectivity index (χ3v) is 7.08. The maximum atomic E-state index is 2.37. The van der Waals surface area contributed by atoms with Crippen molar-refractivity contribution in [1.29, 1.82) is 0 Å². The monoisotopic (exact) mass is 430 g/mol. The molecule has 1 unspecified atom stereocenters. The minimum atomic E-state index is -0.629. The largest absolute Gasteiger partial charge is 0.223 e. The second-order valence-electron chi connectivity index (χ2n) is 6.16. The van der Waals surface area contributed by atoms with Crippen LogP contribution in [-0.4, -0.2) is 24.5 Å². The van der Waals surface area contributed by atoms with Gasteiger partial charge < -0.3 is 0 Å². The molecule has 0 aliphatic rings. The first-order chi connectivity index (χ1) is 9.91. The van der Waals surface area contributed by atoms with Crippen LogP contribution in [-0.2, 0) is 0 Å². The van der Waals surface area contributed by atoms with Gasteiger partial charge in [-0.05, 0) is 79.6 Å². The van der Waals surface area contributed by atoms with E-state index in [4.69, 9.17) is 0 Å². The van der Waals surface area contributed by atoms with Gasteiger partial charge in [-0.25, -0.2) is 10.0 Å². The SMILES string of the molecule is CC(CSI)c1ccc(-c2ccc(S(C)(C)C)cc2)cc1. The lowest BCUT2D eigenvalue weighted by atomic mass is 9.99. The predicted octanol–water partition coefficient (Wildman–Crippen LogP) is 6.59. The zero-order valence-electron chi connectivity index (χ0n) is 13.1. The van der Waals surface area contributed by atoms with Crippen LogP contribution in [0.2, 0.25) is 0 Å². The van der Waals surface area contributed by atoms with Crippen LogP contribution >= 0.6 is 40.2 Å². The van der Waals surface area contributed by atoms with Crippen molar-refractivity contribution in [2.24, 2.45) is 0 Å². The minimum Gasteiger partial charge on any atom is -0.223 e. The molecular weight excluding hydrogens is 407 g/mol. The maximum absolute atomic E-state index is 2.37. The van der Waals surface area contributed by atoms with E-state index in [1.165, 1.54) is 27.3 Å². The maximum Gasteiger partial charge on any atom is 0.00997 e. The normalized spacial score (nSPS) is 14.0.